The zero-order valence-electron chi connectivity index (χ0n) is 17.3. The fraction of sp³-hybridized carbons (Fsp3) is 0.273. The van der Waals surface area contributed by atoms with Crippen molar-refractivity contribution in [2.24, 2.45) is 0 Å². The van der Waals surface area contributed by atoms with Crippen LogP contribution >= 0.6 is 0 Å². The second-order valence-electron chi connectivity index (χ2n) is 7.20. The fourth-order valence-electron chi connectivity index (χ4n) is 3.71. The Labute approximate surface area is 177 Å². The van der Waals surface area contributed by atoms with Crippen molar-refractivity contribution in [3.63, 3.8) is 0 Å². The van der Waals surface area contributed by atoms with Crippen LogP contribution in [0.1, 0.15) is 32.7 Å². The molecule has 0 saturated carbocycles. The van der Waals surface area contributed by atoms with Crippen LogP contribution in [0.4, 0.5) is 5.82 Å². The zero-order valence-corrected chi connectivity index (χ0v) is 18.1. The zero-order chi connectivity index (χ0) is 21.4. The van der Waals surface area contributed by atoms with E-state index >= 15 is 0 Å². The molecule has 156 valence electrons. The van der Waals surface area contributed by atoms with E-state index in [4.69, 9.17) is 9.47 Å². The van der Waals surface area contributed by atoms with Gasteiger partial charge in [0.2, 0.25) is 0 Å². The molecule has 1 atom stereocenters. The average molecular weight is 426 g/mol. The van der Waals surface area contributed by atoms with Crippen molar-refractivity contribution in [1.82, 2.24) is 9.78 Å². The number of hydrogen-bond donors (Lipinski definition) is 1. The molecule has 1 aliphatic heterocycles. The van der Waals surface area contributed by atoms with E-state index in [-0.39, 0.29) is 5.91 Å². The molecule has 2 heterocycles. The number of methoxy groups -OCH3 is 2. The molecule has 1 aliphatic rings. The van der Waals surface area contributed by atoms with Gasteiger partial charge in [-0.2, -0.15) is 5.10 Å². The Morgan fingerprint density at radius 3 is 2.63 bits per heavy atom. The maximum absolute atomic E-state index is 13.2. The number of nitrogens with zero attached hydrogens (tertiary/aromatic N) is 2. The van der Waals surface area contributed by atoms with Crippen LogP contribution in [-0.4, -0.2) is 34.1 Å². The van der Waals surface area contributed by atoms with Crippen LogP contribution in [0.2, 0.25) is 0 Å². The highest BCUT2D eigenvalue weighted by atomic mass is 32.2. The van der Waals surface area contributed by atoms with Gasteiger partial charge in [0.15, 0.2) is 11.5 Å². The number of aryl methyl sites for hydroxylation is 2. The van der Waals surface area contributed by atoms with E-state index in [9.17, 15) is 9.00 Å². The van der Waals surface area contributed by atoms with Crippen molar-refractivity contribution in [1.29, 1.82) is 0 Å². The van der Waals surface area contributed by atoms with E-state index in [0.29, 0.717) is 34.4 Å². The molecule has 0 radical (unpaired) electrons. The van der Waals surface area contributed by atoms with Crippen LogP contribution in [0, 0.1) is 13.8 Å². The number of rotatable bonds is 5. The lowest BCUT2D eigenvalue weighted by molar-refractivity contribution is 0.102. The van der Waals surface area contributed by atoms with Crippen molar-refractivity contribution in [3.8, 4) is 17.2 Å². The predicted molar refractivity (Wildman–Crippen MR) is 116 cm³/mol. The summed E-state index contributed by atoms with van der Waals surface area (Å²) < 4.78 is 24.6. The second kappa shape index (κ2) is 7.95. The first-order valence-corrected chi connectivity index (χ1v) is 11.0. The van der Waals surface area contributed by atoms with E-state index in [0.717, 1.165) is 28.1 Å². The number of aromatic nitrogens is 2. The largest absolute Gasteiger partial charge is 0.493 e. The lowest BCUT2D eigenvalue weighted by atomic mass is 10.1. The normalized spacial score (nSPS) is 15.0. The Kier molecular flexibility index (Phi) is 5.34. The van der Waals surface area contributed by atoms with Crippen molar-refractivity contribution in [2.75, 3.05) is 19.5 Å². The molecular weight excluding hydrogens is 402 g/mol. The van der Waals surface area contributed by atoms with Gasteiger partial charge in [-0.15, -0.1) is 0 Å². The number of carbonyl (C=O) groups excluding carboxylic acids is 1. The summed E-state index contributed by atoms with van der Waals surface area (Å²) in [6.45, 7) is 4.03. The number of ether oxygens (including phenoxy) is 2. The third-order valence-electron chi connectivity index (χ3n) is 5.13. The SMILES string of the molecule is COc1cccc(C(=O)Nc2c3c(nn2-c2ccc(C)cc2C)CS(=O)C3)c1OC. The number of benzene rings is 2. The molecule has 0 aliphatic carbocycles. The number of carbonyl (C=O) groups is 1. The third-order valence-corrected chi connectivity index (χ3v) is 6.34. The first-order chi connectivity index (χ1) is 14.4. The molecule has 7 nitrogen and oxygen atoms in total. The molecule has 8 heteroatoms. The molecule has 3 aromatic rings. The second-order valence-corrected chi connectivity index (χ2v) is 8.66. The number of amides is 1. The summed E-state index contributed by atoms with van der Waals surface area (Å²) in [5.74, 6) is 1.77. The summed E-state index contributed by atoms with van der Waals surface area (Å²) >= 11 is 0. The fourth-order valence-corrected chi connectivity index (χ4v) is 4.98. The summed E-state index contributed by atoms with van der Waals surface area (Å²) in [7, 11) is 2.01. The Bertz CT molecular complexity index is 1170. The van der Waals surface area contributed by atoms with E-state index in [1.54, 1.807) is 22.9 Å². The summed E-state index contributed by atoms with van der Waals surface area (Å²) in [4.78, 5) is 13.2. The maximum atomic E-state index is 13.2. The minimum atomic E-state index is -1.01. The van der Waals surface area contributed by atoms with Crippen LogP contribution in [-0.2, 0) is 22.3 Å². The molecule has 0 saturated heterocycles. The quantitative estimate of drug-likeness (QED) is 0.676. The Morgan fingerprint density at radius 2 is 1.93 bits per heavy atom. The molecule has 4 rings (SSSR count). The molecule has 1 N–H and O–H groups in total. The number of nitrogens with one attached hydrogen (secondary N) is 1. The highest BCUT2D eigenvalue weighted by molar-refractivity contribution is 7.83. The van der Waals surface area contributed by atoms with Gasteiger partial charge >= 0.3 is 0 Å². The van der Waals surface area contributed by atoms with Crippen molar-refractivity contribution >= 4 is 22.5 Å². The van der Waals surface area contributed by atoms with Crippen LogP contribution in [0.3, 0.4) is 0 Å². The highest BCUT2D eigenvalue weighted by Crippen LogP contribution is 2.35. The van der Waals surface area contributed by atoms with Crippen molar-refractivity contribution in [3.05, 3.63) is 64.3 Å². The lowest BCUT2D eigenvalue weighted by Gasteiger charge is -2.15. The third kappa shape index (κ3) is 3.47. The number of anilines is 1. The summed E-state index contributed by atoms with van der Waals surface area (Å²) in [5.41, 5.74) is 4.95. The Hall–Kier alpha value is -3.13. The lowest BCUT2D eigenvalue weighted by Crippen LogP contribution is -2.18. The van der Waals surface area contributed by atoms with E-state index in [2.05, 4.69) is 16.5 Å². The van der Waals surface area contributed by atoms with Gasteiger partial charge in [0.05, 0.1) is 42.7 Å². The molecule has 1 aromatic heterocycles. The number of para-hydroxylation sites is 1. The molecule has 0 bridgehead atoms. The summed E-state index contributed by atoms with van der Waals surface area (Å²) in [5, 5.41) is 7.66. The Balaban J connectivity index is 1.80. The van der Waals surface area contributed by atoms with E-state index in [1.165, 1.54) is 14.2 Å². The molecule has 0 fully saturated rings. The summed E-state index contributed by atoms with van der Waals surface area (Å²) in [6.07, 6.45) is 0. The standard InChI is InChI=1S/C22H23N3O4S/c1-13-8-9-18(14(2)10-13)25-21(16-11-30(27)12-17(16)24-25)23-22(26)15-6-5-7-19(28-3)20(15)29-4/h5-10H,11-12H2,1-4H3,(H,23,26). The molecule has 0 spiro atoms. The van der Waals surface area contributed by atoms with Gasteiger partial charge in [0.25, 0.3) is 5.91 Å². The van der Waals surface area contributed by atoms with Crippen LogP contribution < -0.4 is 14.8 Å². The van der Waals surface area contributed by atoms with Gasteiger partial charge in [-0.05, 0) is 37.6 Å². The van der Waals surface area contributed by atoms with Crippen LogP contribution in [0.25, 0.3) is 5.69 Å². The van der Waals surface area contributed by atoms with Gasteiger partial charge in [0, 0.05) is 16.4 Å². The van der Waals surface area contributed by atoms with E-state index < -0.39 is 10.8 Å². The first kappa shape index (κ1) is 20.2. The highest BCUT2D eigenvalue weighted by Gasteiger charge is 2.29. The Morgan fingerprint density at radius 1 is 1.13 bits per heavy atom. The molecule has 1 unspecified atom stereocenters. The van der Waals surface area contributed by atoms with Crippen LogP contribution in [0.5, 0.6) is 11.5 Å². The topological polar surface area (TPSA) is 82.5 Å². The van der Waals surface area contributed by atoms with Crippen molar-refractivity contribution < 1.29 is 18.5 Å². The first-order valence-electron chi connectivity index (χ1n) is 9.48. The molecular formula is C22H23N3O4S. The minimum Gasteiger partial charge on any atom is -0.493 e. The van der Waals surface area contributed by atoms with Crippen LogP contribution in [0.15, 0.2) is 36.4 Å². The van der Waals surface area contributed by atoms with Gasteiger partial charge in [-0.25, -0.2) is 4.68 Å². The van der Waals surface area contributed by atoms with Gasteiger partial charge in [0.1, 0.15) is 5.82 Å². The monoisotopic (exact) mass is 425 g/mol. The minimum absolute atomic E-state index is 0.345. The molecule has 1 amide bonds. The smallest absolute Gasteiger partial charge is 0.260 e. The van der Waals surface area contributed by atoms with E-state index in [1.807, 2.05) is 26.0 Å². The summed E-state index contributed by atoms with van der Waals surface area (Å²) in [6, 6.07) is 11.2. The van der Waals surface area contributed by atoms with Crippen molar-refractivity contribution in [2.45, 2.75) is 25.4 Å². The number of hydrogen-bond acceptors (Lipinski definition) is 5. The van der Waals surface area contributed by atoms with Gasteiger partial charge in [-0.1, -0.05) is 23.8 Å². The van der Waals surface area contributed by atoms with Gasteiger partial charge in [-0.3, -0.25) is 9.00 Å². The number of fused-ring (bicyclic) bond motifs is 1. The maximum Gasteiger partial charge on any atom is 0.260 e. The van der Waals surface area contributed by atoms with Gasteiger partial charge < -0.3 is 14.8 Å². The molecule has 30 heavy (non-hydrogen) atoms. The average Bonchev–Trinajstić information content (AvgIpc) is 3.24. The predicted octanol–water partition coefficient (Wildman–Crippen LogP) is 3.52. The molecule has 2 aromatic carbocycles.